The van der Waals surface area contributed by atoms with Crippen LogP contribution in [0.1, 0.15) is 44.3 Å². The monoisotopic (exact) mass is 267 g/mol. The fraction of sp³-hybridized carbons (Fsp3) is 0.786. The Morgan fingerprint density at radius 1 is 1.50 bits per heavy atom. The number of nitrogens with one attached hydrogen (secondary N) is 1. The van der Waals surface area contributed by atoms with Crippen LogP contribution in [0, 0.1) is 0 Å². The van der Waals surface area contributed by atoms with Crippen molar-refractivity contribution in [1.82, 2.24) is 15.2 Å². The maximum absolute atomic E-state index is 4.77. The summed E-state index contributed by atoms with van der Waals surface area (Å²) >= 11 is 1.79. The van der Waals surface area contributed by atoms with Crippen LogP contribution < -0.4 is 5.32 Å². The Bertz CT molecular complexity index is 375. The topological polar surface area (TPSA) is 28.2 Å². The molecule has 0 spiro atoms. The Hall–Kier alpha value is -0.450. The Kier molecular flexibility index (Phi) is 4.41. The lowest BCUT2D eigenvalue weighted by molar-refractivity contribution is 0.194. The molecule has 3 nitrogen and oxygen atoms in total. The van der Waals surface area contributed by atoms with E-state index in [2.05, 4.69) is 43.4 Å². The first-order valence-corrected chi connectivity index (χ1v) is 7.70. The molecule has 1 fully saturated rings. The second-order valence-electron chi connectivity index (χ2n) is 6.31. The Labute approximate surface area is 115 Å². The first kappa shape index (κ1) is 14.0. The van der Waals surface area contributed by atoms with Crippen molar-refractivity contribution in [2.45, 2.75) is 51.6 Å². The zero-order valence-electron chi connectivity index (χ0n) is 12.0. The lowest BCUT2D eigenvalue weighted by Crippen LogP contribution is -2.43. The summed E-state index contributed by atoms with van der Waals surface area (Å²) in [7, 11) is 2.22. The molecule has 0 saturated carbocycles. The molecule has 0 amide bonds. The Morgan fingerprint density at radius 3 is 2.83 bits per heavy atom. The highest BCUT2D eigenvalue weighted by Crippen LogP contribution is 2.26. The molecule has 102 valence electrons. The minimum atomic E-state index is 0.174. The predicted octanol–water partition coefficient (Wildman–Crippen LogP) is 2.62. The number of rotatable bonds is 3. The molecular formula is C14H25N3S. The third-order valence-corrected chi connectivity index (χ3v) is 4.82. The summed E-state index contributed by atoms with van der Waals surface area (Å²) < 4.78 is 0. The molecular weight excluding hydrogens is 242 g/mol. The van der Waals surface area contributed by atoms with Crippen LogP contribution in [0.25, 0.3) is 0 Å². The third-order valence-electron chi connectivity index (χ3n) is 3.50. The van der Waals surface area contributed by atoms with E-state index in [0.717, 1.165) is 13.1 Å². The largest absolute Gasteiger partial charge is 0.315 e. The smallest absolute Gasteiger partial charge is 0.0982 e. The molecule has 1 aromatic heterocycles. The van der Waals surface area contributed by atoms with Crippen LogP contribution in [0.4, 0.5) is 0 Å². The summed E-state index contributed by atoms with van der Waals surface area (Å²) in [4.78, 5) is 7.21. The highest BCUT2D eigenvalue weighted by Gasteiger charge is 2.21. The van der Waals surface area contributed by atoms with Crippen molar-refractivity contribution in [3.8, 4) is 0 Å². The van der Waals surface area contributed by atoms with Crippen molar-refractivity contribution >= 4 is 11.3 Å². The van der Waals surface area contributed by atoms with E-state index in [-0.39, 0.29) is 5.41 Å². The standard InChI is InChI=1S/C14H25N3S/c1-14(2,3)13-16-11(10-18-13)9-17(4)12-6-5-7-15-8-12/h10,12,15H,5-9H2,1-4H3. The zero-order valence-corrected chi connectivity index (χ0v) is 12.8. The van der Waals surface area contributed by atoms with Crippen molar-refractivity contribution in [2.75, 3.05) is 20.1 Å². The number of hydrogen-bond acceptors (Lipinski definition) is 4. The maximum Gasteiger partial charge on any atom is 0.0982 e. The SMILES string of the molecule is CN(Cc1csc(C(C)(C)C)n1)C1CCCNC1. The minimum Gasteiger partial charge on any atom is -0.315 e. The summed E-state index contributed by atoms with van der Waals surface area (Å²) in [5.41, 5.74) is 1.39. The van der Waals surface area contributed by atoms with Gasteiger partial charge in [0.15, 0.2) is 0 Å². The normalized spacial score (nSPS) is 21.5. The molecule has 0 aliphatic carbocycles. The molecule has 1 aliphatic rings. The average Bonchev–Trinajstić information content (AvgIpc) is 2.78. The van der Waals surface area contributed by atoms with E-state index in [4.69, 9.17) is 4.98 Å². The predicted molar refractivity (Wildman–Crippen MR) is 78.2 cm³/mol. The van der Waals surface area contributed by atoms with Crippen molar-refractivity contribution in [1.29, 1.82) is 0 Å². The van der Waals surface area contributed by atoms with Gasteiger partial charge in [0.1, 0.15) is 0 Å². The molecule has 1 N–H and O–H groups in total. The maximum atomic E-state index is 4.77. The lowest BCUT2D eigenvalue weighted by Gasteiger charge is -2.31. The van der Waals surface area contributed by atoms with Crippen LogP contribution in [-0.2, 0) is 12.0 Å². The summed E-state index contributed by atoms with van der Waals surface area (Å²) in [5.74, 6) is 0. The van der Waals surface area contributed by atoms with E-state index in [1.54, 1.807) is 11.3 Å². The van der Waals surface area contributed by atoms with E-state index < -0.39 is 0 Å². The van der Waals surface area contributed by atoms with Crippen LogP contribution in [-0.4, -0.2) is 36.1 Å². The van der Waals surface area contributed by atoms with Crippen LogP contribution in [0.3, 0.4) is 0 Å². The van der Waals surface area contributed by atoms with Crippen LogP contribution >= 0.6 is 11.3 Å². The van der Waals surface area contributed by atoms with Gasteiger partial charge in [-0.3, -0.25) is 4.90 Å². The quantitative estimate of drug-likeness (QED) is 0.912. The van der Waals surface area contributed by atoms with Gasteiger partial charge in [-0.05, 0) is 26.4 Å². The molecule has 0 radical (unpaired) electrons. The summed E-state index contributed by atoms with van der Waals surface area (Å²) in [6.45, 7) is 9.94. The first-order valence-electron chi connectivity index (χ1n) is 6.82. The number of piperidine rings is 1. The van der Waals surface area contributed by atoms with E-state index in [0.29, 0.717) is 6.04 Å². The third kappa shape index (κ3) is 3.53. The molecule has 1 unspecified atom stereocenters. The number of likely N-dealkylation sites (N-methyl/N-ethyl adjacent to an activating group) is 1. The number of thiazole rings is 1. The van der Waals surface area contributed by atoms with E-state index in [9.17, 15) is 0 Å². The van der Waals surface area contributed by atoms with E-state index >= 15 is 0 Å². The molecule has 1 aliphatic heterocycles. The van der Waals surface area contributed by atoms with Gasteiger partial charge in [-0.1, -0.05) is 20.8 Å². The molecule has 0 bridgehead atoms. The molecule has 1 saturated heterocycles. The fourth-order valence-corrected chi connectivity index (χ4v) is 3.22. The lowest BCUT2D eigenvalue weighted by atomic mass is 9.98. The Morgan fingerprint density at radius 2 is 2.28 bits per heavy atom. The van der Waals surface area contributed by atoms with Gasteiger partial charge in [0.25, 0.3) is 0 Å². The average molecular weight is 267 g/mol. The van der Waals surface area contributed by atoms with Gasteiger partial charge in [-0.2, -0.15) is 0 Å². The summed E-state index contributed by atoms with van der Waals surface area (Å²) in [6, 6.07) is 0.665. The molecule has 1 atom stereocenters. The zero-order chi connectivity index (χ0) is 13.2. The second-order valence-corrected chi connectivity index (χ2v) is 7.17. The van der Waals surface area contributed by atoms with Gasteiger partial charge in [0, 0.05) is 29.9 Å². The van der Waals surface area contributed by atoms with Gasteiger partial charge in [-0.15, -0.1) is 11.3 Å². The molecule has 2 heterocycles. The van der Waals surface area contributed by atoms with Gasteiger partial charge in [-0.25, -0.2) is 4.98 Å². The first-order chi connectivity index (χ1) is 8.47. The highest BCUT2D eigenvalue weighted by atomic mass is 32.1. The summed E-state index contributed by atoms with van der Waals surface area (Å²) in [5, 5.41) is 6.93. The van der Waals surface area contributed by atoms with E-state index in [1.165, 1.54) is 30.1 Å². The van der Waals surface area contributed by atoms with Gasteiger partial charge in [0.05, 0.1) is 10.7 Å². The van der Waals surface area contributed by atoms with Crippen molar-refractivity contribution in [3.05, 3.63) is 16.1 Å². The van der Waals surface area contributed by atoms with Crippen LogP contribution in [0.15, 0.2) is 5.38 Å². The fourth-order valence-electron chi connectivity index (χ4n) is 2.32. The Balaban J connectivity index is 1.94. The molecule has 0 aromatic carbocycles. The highest BCUT2D eigenvalue weighted by molar-refractivity contribution is 7.09. The van der Waals surface area contributed by atoms with Gasteiger partial charge >= 0.3 is 0 Å². The van der Waals surface area contributed by atoms with Crippen LogP contribution in [0.5, 0.6) is 0 Å². The van der Waals surface area contributed by atoms with Crippen molar-refractivity contribution in [2.24, 2.45) is 0 Å². The van der Waals surface area contributed by atoms with Gasteiger partial charge in [0.2, 0.25) is 0 Å². The number of hydrogen-bond donors (Lipinski definition) is 1. The molecule has 1 aromatic rings. The molecule has 4 heteroatoms. The second kappa shape index (κ2) is 5.68. The van der Waals surface area contributed by atoms with Crippen molar-refractivity contribution in [3.63, 3.8) is 0 Å². The minimum absolute atomic E-state index is 0.174. The van der Waals surface area contributed by atoms with Crippen molar-refractivity contribution < 1.29 is 0 Å². The number of aromatic nitrogens is 1. The summed E-state index contributed by atoms with van der Waals surface area (Å²) in [6.07, 6.45) is 2.60. The number of nitrogens with zero attached hydrogens (tertiary/aromatic N) is 2. The molecule has 18 heavy (non-hydrogen) atoms. The van der Waals surface area contributed by atoms with E-state index in [1.807, 2.05) is 0 Å². The molecule has 2 rings (SSSR count). The van der Waals surface area contributed by atoms with Gasteiger partial charge < -0.3 is 5.32 Å². The van der Waals surface area contributed by atoms with Crippen LogP contribution in [0.2, 0.25) is 0 Å².